The molecule has 0 spiro atoms. The van der Waals surface area contributed by atoms with Crippen LogP contribution in [0.3, 0.4) is 0 Å². The van der Waals surface area contributed by atoms with Crippen molar-refractivity contribution in [3.63, 3.8) is 0 Å². The number of benzene rings is 2. The number of anilines is 2. The van der Waals surface area contributed by atoms with Crippen LogP contribution >= 0.6 is 11.3 Å². The SMILES string of the molecule is COc1cccc(NC(=O)N2CCC[C@@H]2c2nnc(C(=O)Nc3cccc(F)c3)s2)c1. The van der Waals surface area contributed by atoms with E-state index in [4.69, 9.17) is 4.74 Å². The van der Waals surface area contributed by atoms with E-state index in [0.717, 1.165) is 24.2 Å². The molecule has 0 aliphatic carbocycles. The third-order valence-electron chi connectivity index (χ3n) is 4.84. The molecule has 2 aromatic carbocycles. The molecule has 1 aliphatic heterocycles. The Morgan fingerprint density at radius 2 is 1.90 bits per heavy atom. The van der Waals surface area contributed by atoms with Crippen molar-refractivity contribution in [1.82, 2.24) is 15.1 Å². The third kappa shape index (κ3) is 4.80. The van der Waals surface area contributed by atoms with E-state index < -0.39 is 11.7 Å². The van der Waals surface area contributed by atoms with Crippen LogP contribution in [0.25, 0.3) is 0 Å². The van der Waals surface area contributed by atoms with E-state index in [1.807, 2.05) is 0 Å². The maximum Gasteiger partial charge on any atom is 0.322 e. The second kappa shape index (κ2) is 9.09. The zero-order valence-electron chi connectivity index (χ0n) is 16.7. The monoisotopic (exact) mass is 441 g/mol. The first-order valence-electron chi connectivity index (χ1n) is 9.65. The summed E-state index contributed by atoms with van der Waals surface area (Å²) in [6.45, 7) is 0.574. The van der Waals surface area contributed by atoms with Crippen LogP contribution in [0.1, 0.15) is 33.7 Å². The number of carbonyl (C=O) groups excluding carboxylic acids is 2. The fourth-order valence-electron chi connectivity index (χ4n) is 3.37. The van der Waals surface area contributed by atoms with Gasteiger partial charge in [-0.25, -0.2) is 9.18 Å². The van der Waals surface area contributed by atoms with Crippen molar-refractivity contribution >= 4 is 34.6 Å². The number of halogens is 1. The van der Waals surface area contributed by atoms with E-state index in [1.54, 1.807) is 42.3 Å². The summed E-state index contributed by atoms with van der Waals surface area (Å²) >= 11 is 1.13. The molecule has 4 rings (SSSR count). The lowest BCUT2D eigenvalue weighted by Gasteiger charge is -2.23. The molecule has 1 aromatic heterocycles. The highest BCUT2D eigenvalue weighted by Crippen LogP contribution is 2.34. The van der Waals surface area contributed by atoms with Crippen LogP contribution in [-0.2, 0) is 0 Å². The number of carbonyl (C=O) groups is 2. The van der Waals surface area contributed by atoms with Gasteiger partial charge in [0.2, 0.25) is 5.01 Å². The van der Waals surface area contributed by atoms with Crippen LogP contribution in [0.4, 0.5) is 20.6 Å². The van der Waals surface area contributed by atoms with Crippen molar-refractivity contribution in [2.75, 3.05) is 24.3 Å². The van der Waals surface area contributed by atoms with Crippen molar-refractivity contribution in [2.24, 2.45) is 0 Å². The standard InChI is InChI=1S/C21H20FN5O3S/c1-30-16-8-3-7-15(12-16)24-21(29)27-10-4-9-17(27)19-25-26-20(31-19)18(28)23-14-6-2-5-13(22)11-14/h2-3,5-8,11-12,17H,4,9-10H2,1H3,(H,23,28)(H,24,29)/t17-/m1/s1. The summed E-state index contributed by atoms with van der Waals surface area (Å²) in [5, 5.41) is 14.3. The van der Waals surface area contributed by atoms with E-state index in [-0.39, 0.29) is 17.1 Å². The number of likely N-dealkylation sites (tertiary alicyclic amines) is 1. The molecule has 160 valence electrons. The number of ether oxygens (including phenoxy) is 1. The quantitative estimate of drug-likeness (QED) is 0.615. The summed E-state index contributed by atoms with van der Waals surface area (Å²) in [6.07, 6.45) is 1.55. The van der Waals surface area contributed by atoms with Gasteiger partial charge in [-0.3, -0.25) is 4.79 Å². The van der Waals surface area contributed by atoms with Crippen LogP contribution in [0.5, 0.6) is 5.75 Å². The fourth-order valence-corrected chi connectivity index (χ4v) is 4.26. The molecule has 3 amide bonds. The minimum Gasteiger partial charge on any atom is -0.497 e. The molecular formula is C21H20FN5O3S. The normalized spacial score (nSPS) is 15.5. The highest BCUT2D eigenvalue weighted by Gasteiger charge is 2.33. The molecule has 0 radical (unpaired) electrons. The summed E-state index contributed by atoms with van der Waals surface area (Å²) in [7, 11) is 1.56. The second-order valence-electron chi connectivity index (χ2n) is 6.92. The maximum atomic E-state index is 13.3. The number of nitrogens with zero attached hydrogens (tertiary/aromatic N) is 3. The first kappa shape index (κ1) is 20.7. The van der Waals surface area contributed by atoms with Crippen LogP contribution in [-0.4, -0.2) is 40.7 Å². The largest absolute Gasteiger partial charge is 0.497 e. The lowest BCUT2D eigenvalue weighted by atomic mass is 10.2. The Bertz CT molecular complexity index is 1110. The van der Waals surface area contributed by atoms with E-state index in [0.29, 0.717) is 28.7 Å². The van der Waals surface area contributed by atoms with Crippen LogP contribution < -0.4 is 15.4 Å². The topological polar surface area (TPSA) is 96.4 Å². The van der Waals surface area contributed by atoms with E-state index in [9.17, 15) is 14.0 Å². The van der Waals surface area contributed by atoms with Crippen molar-refractivity contribution in [3.8, 4) is 5.75 Å². The van der Waals surface area contributed by atoms with Gasteiger partial charge in [0.05, 0.1) is 13.2 Å². The van der Waals surface area contributed by atoms with Crippen molar-refractivity contribution in [1.29, 1.82) is 0 Å². The number of hydrogen-bond donors (Lipinski definition) is 2. The molecule has 10 heteroatoms. The number of aromatic nitrogens is 2. The first-order chi connectivity index (χ1) is 15.0. The Morgan fingerprint density at radius 3 is 2.68 bits per heavy atom. The van der Waals surface area contributed by atoms with Crippen molar-refractivity contribution in [2.45, 2.75) is 18.9 Å². The summed E-state index contributed by atoms with van der Waals surface area (Å²) in [4.78, 5) is 27.0. The zero-order chi connectivity index (χ0) is 21.8. The number of amides is 3. The van der Waals surface area contributed by atoms with Gasteiger partial charge in [-0.05, 0) is 43.2 Å². The average Bonchev–Trinajstić information content (AvgIpc) is 3.43. The highest BCUT2D eigenvalue weighted by atomic mass is 32.1. The molecule has 1 aliphatic rings. The predicted octanol–water partition coefficient (Wildman–Crippen LogP) is 4.31. The third-order valence-corrected chi connectivity index (χ3v) is 5.86. The van der Waals surface area contributed by atoms with Crippen LogP contribution in [0.15, 0.2) is 48.5 Å². The molecule has 3 aromatic rings. The van der Waals surface area contributed by atoms with Gasteiger partial charge >= 0.3 is 6.03 Å². The molecule has 1 fully saturated rings. The summed E-state index contributed by atoms with van der Waals surface area (Å²) in [5.41, 5.74) is 0.962. The first-order valence-corrected chi connectivity index (χ1v) is 10.5. The van der Waals surface area contributed by atoms with Gasteiger partial charge in [-0.2, -0.15) is 0 Å². The van der Waals surface area contributed by atoms with E-state index >= 15 is 0 Å². The molecule has 8 nitrogen and oxygen atoms in total. The molecule has 0 unspecified atom stereocenters. The Kier molecular flexibility index (Phi) is 6.08. The molecule has 31 heavy (non-hydrogen) atoms. The predicted molar refractivity (Wildman–Crippen MR) is 115 cm³/mol. The van der Waals surface area contributed by atoms with Gasteiger partial charge in [0.25, 0.3) is 5.91 Å². The number of hydrogen-bond acceptors (Lipinski definition) is 6. The number of rotatable bonds is 5. The average molecular weight is 441 g/mol. The summed E-state index contributed by atoms with van der Waals surface area (Å²) in [6, 6.07) is 12.2. The molecule has 1 atom stereocenters. The Morgan fingerprint density at radius 1 is 1.13 bits per heavy atom. The molecule has 2 N–H and O–H groups in total. The second-order valence-corrected chi connectivity index (χ2v) is 7.93. The number of methoxy groups -OCH3 is 1. The van der Waals surface area contributed by atoms with Gasteiger partial charge in [-0.1, -0.05) is 23.5 Å². The smallest absolute Gasteiger partial charge is 0.322 e. The lowest BCUT2D eigenvalue weighted by molar-refractivity contribution is 0.102. The minimum atomic E-state index is -0.472. The molecule has 0 bridgehead atoms. The van der Waals surface area contributed by atoms with Gasteiger partial charge in [0.15, 0.2) is 0 Å². The van der Waals surface area contributed by atoms with E-state index in [1.165, 1.54) is 18.2 Å². The van der Waals surface area contributed by atoms with Crippen LogP contribution in [0.2, 0.25) is 0 Å². The molecule has 2 heterocycles. The van der Waals surface area contributed by atoms with Crippen LogP contribution in [0, 0.1) is 5.82 Å². The van der Waals surface area contributed by atoms with Crippen molar-refractivity contribution in [3.05, 3.63) is 64.4 Å². The highest BCUT2D eigenvalue weighted by molar-refractivity contribution is 7.13. The minimum absolute atomic E-state index is 0.152. The Hall–Kier alpha value is -3.53. The lowest BCUT2D eigenvalue weighted by Crippen LogP contribution is -2.34. The fraction of sp³-hybridized carbons (Fsp3) is 0.238. The molecular weight excluding hydrogens is 421 g/mol. The maximum absolute atomic E-state index is 13.3. The molecule has 1 saturated heterocycles. The van der Waals surface area contributed by atoms with Gasteiger partial charge in [0.1, 0.15) is 16.6 Å². The van der Waals surface area contributed by atoms with Gasteiger partial charge in [0, 0.05) is 24.0 Å². The van der Waals surface area contributed by atoms with E-state index in [2.05, 4.69) is 20.8 Å². The zero-order valence-corrected chi connectivity index (χ0v) is 17.5. The Balaban J connectivity index is 1.44. The Labute approximate surface area is 182 Å². The number of urea groups is 1. The van der Waals surface area contributed by atoms with Gasteiger partial charge in [-0.15, -0.1) is 10.2 Å². The van der Waals surface area contributed by atoms with Crippen molar-refractivity contribution < 1.29 is 18.7 Å². The number of nitrogens with one attached hydrogen (secondary N) is 2. The summed E-state index contributed by atoms with van der Waals surface area (Å²) in [5.74, 6) is -0.270. The van der Waals surface area contributed by atoms with Gasteiger partial charge < -0.3 is 20.3 Å². The molecule has 0 saturated carbocycles. The summed E-state index contributed by atoms with van der Waals surface area (Å²) < 4.78 is 18.5.